The highest BCUT2D eigenvalue weighted by atomic mass is 28.3. The lowest BCUT2D eigenvalue weighted by atomic mass is 10.2. The van der Waals surface area contributed by atoms with Gasteiger partial charge in [-0.3, -0.25) is 0 Å². The zero-order chi connectivity index (χ0) is 5.49. The fraction of sp³-hybridized carbons (Fsp3) is 1.00. The summed E-state index contributed by atoms with van der Waals surface area (Å²) in [5.74, 6) is 1.07. The fourth-order valence-electron chi connectivity index (χ4n) is 1.83. The zero-order valence-corrected chi connectivity index (χ0v) is 6.49. The lowest BCUT2D eigenvalue weighted by molar-refractivity contribution is 0.633. The molecule has 0 unspecified atom stereocenters. The minimum Gasteiger partial charge on any atom is -0.0693 e. The largest absolute Gasteiger partial charge is 0.0693 e. The lowest BCUT2D eigenvalue weighted by Crippen LogP contribution is -2.39. The summed E-state index contributed by atoms with van der Waals surface area (Å²) < 4.78 is 0. The molecule has 0 spiro atoms. The first-order valence-corrected chi connectivity index (χ1v) is 6.52. The van der Waals surface area contributed by atoms with E-state index < -0.39 is 8.07 Å². The number of hydrogen-bond acceptors (Lipinski definition) is 0. The SMILES string of the molecule is CC1C[Si](C)(C)C1. The average Bonchev–Trinajstić information content (AvgIpc) is 1.27. The number of hydrogen-bond donors (Lipinski definition) is 0. The Labute approximate surface area is 46.9 Å². The van der Waals surface area contributed by atoms with Crippen molar-refractivity contribution < 1.29 is 0 Å². The van der Waals surface area contributed by atoms with Crippen LogP contribution in [0.1, 0.15) is 6.92 Å². The molecule has 0 aliphatic carbocycles. The summed E-state index contributed by atoms with van der Waals surface area (Å²) >= 11 is 0. The van der Waals surface area contributed by atoms with Crippen molar-refractivity contribution in [2.75, 3.05) is 0 Å². The van der Waals surface area contributed by atoms with Crippen molar-refractivity contribution in [1.29, 1.82) is 0 Å². The van der Waals surface area contributed by atoms with Crippen LogP contribution in [0.5, 0.6) is 0 Å². The number of rotatable bonds is 0. The van der Waals surface area contributed by atoms with Crippen LogP contribution >= 0.6 is 0 Å². The topological polar surface area (TPSA) is 0 Å². The Morgan fingerprint density at radius 3 is 1.71 bits per heavy atom. The van der Waals surface area contributed by atoms with Crippen LogP contribution in [0.15, 0.2) is 0 Å². The molecule has 42 valence electrons. The maximum absolute atomic E-state index is 2.48. The molecule has 0 nitrogen and oxygen atoms in total. The van der Waals surface area contributed by atoms with E-state index in [1.54, 1.807) is 12.1 Å². The van der Waals surface area contributed by atoms with E-state index in [4.69, 9.17) is 0 Å². The summed E-state index contributed by atoms with van der Waals surface area (Å²) in [4.78, 5) is 0. The van der Waals surface area contributed by atoms with Gasteiger partial charge in [0.2, 0.25) is 0 Å². The van der Waals surface area contributed by atoms with Crippen LogP contribution in [0.2, 0.25) is 25.2 Å². The van der Waals surface area contributed by atoms with Crippen molar-refractivity contribution in [3.05, 3.63) is 0 Å². The van der Waals surface area contributed by atoms with Gasteiger partial charge in [0, 0.05) is 8.07 Å². The molecule has 1 aliphatic rings. The van der Waals surface area contributed by atoms with E-state index in [9.17, 15) is 0 Å². The van der Waals surface area contributed by atoms with Gasteiger partial charge in [-0.1, -0.05) is 32.1 Å². The monoisotopic (exact) mass is 114 g/mol. The summed E-state index contributed by atoms with van der Waals surface area (Å²) in [6.07, 6.45) is 0. The van der Waals surface area contributed by atoms with Crippen LogP contribution in [0, 0.1) is 5.92 Å². The van der Waals surface area contributed by atoms with Crippen LogP contribution in [0.4, 0.5) is 0 Å². The van der Waals surface area contributed by atoms with Gasteiger partial charge in [-0.05, 0) is 5.92 Å². The molecule has 7 heavy (non-hydrogen) atoms. The second-order valence-corrected chi connectivity index (χ2v) is 8.82. The van der Waals surface area contributed by atoms with Crippen LogP contribution in [0.25, 0.3) is 0 Å². The highest BCUT2D eigenvalue weighted by Gasteiger charge is 2.34. The minimum absolute atomic E-state index is 0.514. The maximum atomic E-state index is 2.48. The summed E-state index contributed by atoms with van der Waals surface area (Å²) in [6, 6.07) is 3.15. The van der Waals surface area contributed by atoms with Gasteiger partial charge in [-0.15, -0.1) is 0 Å². The van der Waals surface area contributed by atoms with Crippen LogP contribution in [-0.2, 0) is 0 Å². The predicted octanol–water partition coefficient (Wildman–Crippen LogP) is 2.34. The van der Waals surface area contributed by atoms with Crippen molar-refractivity contribution in [2.45, 2.75) is 32.1 Å². The molecule has 1 heteroatoms. The molecule has 0 saturated carbocycles. The van der Waals surface area contributed by atoms with Gasteiger partial charge in [0.05, 0.1) is 0 Å². The summed E-state index contributed by atoms with van der Waals surface area (Å²) in [6.45, 7) is 7.32. The molecule has 1 saturated heterocycles. The van der Waals surface area contributed by atoms with Gasteiger partial charge in [0.25, 0.3) is 0 Å². The van der Waals surface area contributed by atoms with E-state index in [0.29, 0.717) is 0 Å². The van der Waals surface area contributed by atoms with E-state index >= 15 is 0 Å². The quantitative estimate of drug-likeness (QED) is 0.424. The highest BCUT2D eigenvalue weighted by Crippen LogP contribution is 2.37. The molecule has 0 bridgehead atoms. The normalized spacial score (nSPS) is 29.6. The highest BCUT2D eigenvalue weighted by molar-refractivity contribution is 6.80. The molecule has 0 N–H and O–H groups in total. The lowest BCUT2D eigenvalue weighted by Gasteiger charge is -2.38. The first-order valence-electron chi connectivity index (χ1n) is 3.10. The van der Waals surface area contributed by atoms with Crippen LogP contribution in [0.3, 0.4) is 0 Å². The second kappa shape index (κ2) is 1.34. The van der Waals surface area contributed by atoms with Crippen molar-refractivity contribution in [2.24, 2.45) is 5.92 Å². The third-order valence-corrected chi connectivity index (χ3v) is 5.41. The van der Waals surface area contributed by atoms with Gasteiger partial charge in [0.1, 0.15) is 0 Å². The smallest absolute Gasteiger partial charge is 0.0478 e. The Bertz CT molecular complexity index is 68.2. The van der Waals surface area contributed by atoms with Gasteiger partial charge >= 0.3 is 0 Å². The molecule has 0 radical (unpaired) electrons. The second-order valence-electron chi connectivity index (χ2n) is 3.68. The molecule has 1 heterocycles. The Morgan fingerprint density at radius 1 is 1.29 bits per heavy atom. The van der Waals surface area contributed by atoms with E-state index in [0.717, 1.165) is 5.92 Å². The Hall–Kier alpha value is 0.217. The van der Waals surface area contributed by atoms with Crippen LogP contribution < -0.4 is 0 Å². The van der Waals surface area contributed by atoms with Crippen molar-refractivity contribution in [1.82, 2.24) is 0 Å². The van der Waals surface area contributed by atoms with E-state index in [1.807, 2.05) is 0 Å². The van der Waals surface area contributed by atoms with E-state index in [-0.39, 0.29) is 0 Å². The third kappa shape index (κ3) is 1.06. The first kappa shape index (κ1) is 5.36. The average molecular weight is 114 g/mol. The fourth-order valence-corrected chi connectivity index (χ4v) is 5.48. The van der Waals surface area contributed by atoms with Crippen molar-refractivity contribution in [3.8, 4) is 0 Å². The molecule has 1 fully saturated rings. The molecule has 0 amide bonds. The molecule has 0 aromatic rings. The summed E-state index contributed by atoms with van der Waals surface area (Å²) in [7, 11) is -0.514. The van der Waals surface area contributed by atoms with Gasteiger partial charge in [0.15, 0.2) is 0 Å². The van der Waals surface area contributed by atoms with Crippen molar-refractivity contribution >= 4 is 8.07 Å². The van der Waals surface area contributed by atoms with Gasteiger partial charge < -0.3 is 0 Å². The van der Waals surface area contributed by atoms with Crippen molar-refractivity contribution in [3.63, 3.8) is 0 Å². The third-order valence-electron chi connectivity index (χ3n) is 1.80. The molecule has 1 aliphatic heterocycles. The molecule has 0 aromatic carbocycles. The summed E-state index contributed by atoms with van der Waals surface area (Å²) in [5, 5.41) is 0. The minimum atomic E-state index is -0.514. The first-order chi connectivity index (χ1) is 3.10. The maximum Gasteiger partial charge on any atom is 0.0478 e. The van der Waals surface area contributed by atoms with Crippen LogP contribution in [-0.4, -0.2) is 8.07 Å². The van der Waals surface area contributed by atoms with Gasteiger partial charge in [-0.25, -0.2) is 0 Å². The summed E-state index contributed by atoms with van der Waals surface area (Å²) in [5.41, 5.74) is 0. The Morgan fingerprint density at radius 2 is 1.71 bits per heavy atom. The van der Waals surface area contributed by atoms with Gasteiger partial charge in [-0.2, -0.15) is 0 Å². The molecule has 0 atom stereocenters. The molecular formula is C6H14Si. The Kier molecular flexibility index (Phi) is 1.03. The van der Waals surface area contributed by atoms with E-state index in [1.165, 1.54) is 0 Å². The molecule has 1 rings (SSSR count). The molecule has 0 aromatic heterocycles. The van der Waals surface area contributed by atoms with E-state index in [2.05, 4.69) is 20.0 Å². The standard InChI is InChI=1S/C6H14Si/c1-6-4-7(2,3)5-6/h6H,4-5H2,1-3H3. The molecular weight excluding hydrogens is 100 g/mol. The predicted molar refractivity (Wildman–Crippen MR) is 36.3 cm³/mol. The zero-order valence-electron chi connectivity index (χ0n) is 5.49. The Balaban J connectivity index is 2.29.